The molecule has 1 rings (SSSR count). The van der Waals surface area contributed by atoms with Crippen molar-refractivity contribution >= 4 is 0 Å². The second kappa shape index (κ2) is 5.75. The molecule has 0 heterocycles. The Morgan fingerprint density at radius 1 is 1.17 bits per heavy atom. The molecule has 0 saturated carbocycles. The van der Waals surface area contributed by atoms with Crippen molar-refractivity contribution in [2.45, 2.75) is 58.8 Å². The van der Waals surface area contributed by atoms with Crippen LogP contribution in [-0.2, 0) is 11.8 Å². The SMILES string of the molecule is CC(C)c1cc(CCCO)cc(C(C)(C)C)c1O. The molecule has 0 aliphatic heterocycles. The Morgan fingerprint density at radius 3 is 2.22 bits per heavy atom. The van der Waals surface area contributed by atoms with Gasteiger partial charge in [-0.2, -0.15) is 0 Å². The van der Waals surface area contributed by atoms with Crippen molar-refractivity contribution in [2.24, 2.45) is 0 Å². The van der Waals surface area contributed by atoms with E-state index < -0.39 is 0 Å². The van der Waals surface area contributed by atoms with E-state index in [2.05, 4.69) is 46.8 Å². The Labute approximate surface area is 111 Å². The number of phenols is 1. The molecule has 0 amide bonds. The van der Waals surface area contributed by atoms with Crippen LogP contribution >= 0.6 is 0 Å². The van der Waals surface area contributed by atoms with Crippen LogP contribution in [0.1, 0.15) is 63.6 Å². The standard InChI is InChI=1S/C16H26O2/c1-11(2)13-9-12(7-6-8-17)10-14(15(13)18)16(3,4)5/h9-11,17-18H,6-8H2,1-5H3. The van der Waals surface area contributed by atoms with Gasteiger partial charge in [0.15, 0.2) is 0 Å². The number of aryl methyl sites for hydroxylation is 1. The first-order valence-corrected chi connectivity index (χ1v) is 6.74. The normalized spacial score (nSPS) is 12.2. The summed E-state index contributed by atoms with van der Waals surface area (Å²) in [5.41, 5.74) is 3.15. The fourth-order valence-corrected chi connectivity index (χ4v) is 2.16. The van der Waals surface area contributed by atoms with Crippen LogP contribution in [-0.4, -0.2) is 16.8 Å². The van der Waals surface area contributed by atoms with Gasteiger partial charge < -0.3 is 10.2 Å². The third kappa shape index (κ3) is 3.49. The molecule has 0 unspecified atom stereocenters. The van der Waals surface area contributed by atoms with Gasteiger partial charge in [0, 0.05) is 6.61 Å². The van der Waals surface area contributed by atoms with Crippen molar-refractivity contribution in [2.75, 3.05) is 6.61 Å². The first kappa shape index (κ1) is 15.0. The average molecular weight is 250 g/mol. The summed E-state index contributed by atoms with van der Waals surface area (Å²) in [5.74, 6) is 0.741. The number of phenolic OH excluding ortho intramolecular Hbond substituents is 1. The zero-order valence-corrected chi connectivity index (χ0v) is 12.2. The molecule has 0 aliphatic rings. The fraction of sp³-hybridized carbons (Fsp3) is 0.625. The van der Waals surface area contributed by atoms with Crippen LogP contribution < -0.4 is 0 Å². The van der Waals surface area contributed by atoms with Gasteiger partial charge in [-0.15, -0.1) is 0 Å². The topological polar surface area (TPSA) is 40.5 Å². The smallest absolute Gasteiger partial charge is 0.122 e. The zero-order chi connectivity index (χ0) is 13.9. The Bertz CT molecular complexity index is 400. The van der Waals surface area contributed by atoms with Crippen LogP contribution in [0.25, 0.3) is 0 Å². The van der Waals surface area contributed by atoms with E-state index in [0.29, 0.717) is 11.7 Å². The number of benzene rings is 1. The maximum absolute atomic E-state index is 10.4. The van der Waals surface area contributed by atoms with Crippen molar-refractivity contribution in [1.82, 2.24) is 0 Å². The van der Waals surface area contributed by atoms with Crippen LogP contribution in [0.4, 0.5) is 0 Å². The summed E-state index contributed by atoms with van der Waals surface area (Å²) in [7, 11) is 0. The summed E-state index contributed by atoms with van der Waals surface area (Å²) in [6.45, 7) is 10.7. The second-order valence-corrected chi connectivity index (χ2v) is 6.31. The maximum atomic E-state index is 10.4. The highest BCUT2D eigenvalue weighted by atomic mass is 16.3. The molecule has 0 radical (unpaired) electrons. The molecule has 1 aromatic rings. The van der Waals surface area contributed by atoms with Crippen LogP contribution in [0.2, 0.25) is 0 Å². The summed E-state index contributed by atoms with van der Waals surface area (Å²) < 4.78 is 0. The second-order valence-electron chi connectivity index (χ2n) is 6.31. The van der Waals surface area contributed by atoms with Crippen LogP contribution in [0, 0.1) is 0 Å². The summed E-state index contributed by atoms with van der Waals surface area (Å²) in [6.07, 6.45) is 1.63. The number of aliphatic hydroxyl groups excluding tert-OH is 1. The summed E-state index contributed by atoms with van der Waals surface area (Å²) in [5, 5.41) is 19.3. The van der Waals surface area contributed by atoms with Crippen molar-refractivity contribution in [3.05, 3.63) is 28.8 Å². The molecule has 0 atom stereocenters. The minimum atomic E-state index is -0.0665. The monoisotopic (exact) mass is 250 g/mol. The van der Waals surface area contributed by atoms with E-state index in [1.807, 2.05) is 0 Å². The van der Waals surface area contributed by atoms with Gasteiger partial charge in [-0.05, 0) is 40.9 Å². The molecule has 0 aromatic heterocycles. The predicted octanol–water partition coefficient (Wildman–Crippen LogP) is 3.74. The zero-order valence-electron chi connectivity index (χ0n) is 12.2. The number of rotatable bonds is 4. The number of hydrogen-bond donors (Lipinski definition) is 2. The molecule has 2 heteroatoms. The molecule has 0 aliphatic carbocycles. The summed E-state index contributed by atoms with van der Waals surface area (Å²) in [4.78, 5) is 0. The van der Waals surface area contributed by atoms with Gasteiger partial charge in [-0.3, -0.25) is 0 Å². The number of aromatic hydroxyl groups is 1. The van der Waals surface area contributed by atoms with Gasteiger partial charge in [-0.25, -0.2) is 0 Å². The molecule has 0 fully saturated rings. The Morgan fingerprint density at radius 2 is 1.78 bits per heavy atom. The molecule has 0 saturated heterocycles. The lowest BCUT2D eigenvalue weighted by Gasteiger charge is -2.24. The van der Waals surface area contributed by atoms with E-state index in [4.69, 9.17) is 5.11 Å². The van der Waals surface area contributed by atoms with E-state index in [1.165, 1.54) is 5.56 Å². The largest absolute Gasteiger partial charge is 0.507 e. The Kier molecular flexibility index (Phi) is 4.80. The molecule has 2 N–H and O–H groups in total. The highest BCUT2D eigenvalue weighted by Gasteiger charge is 2.22. The molecule has 102 valence electrons. The molecule has 2 nitrogen and oxygen atoms in total. The van der Waals surface area contributed by atoms with Gasteiger partial charge in [0.1, 0.15) is 5.75 Å². The summed E-state index contributed by atoms with van der Waals surface area (Å²) in [6, 6.07) is 4.15. The van der Waals surface area contributed by atoms with Crippen LogP contribution in [0.15, 0.2) is 12.1 Å². The predicted molar refractivity (Wildman–Crippen MR) is 76.3 cm³/mol. The number of aliphatic hydroxyl groups is 1. The molecule has 0 spiro atoms. The van der Waals surface area contributed by atoms with Gasteiger partial charge >= 0.3 is 0 Å². The van der Waals surface area contributed by atoms with E-state index in [0.717, 1.165) is 24.0 Å². The Balaban J connectivity index is 3.28. The molecule has 18 heavy (non-hydrogen) atoms. The average Bonchev–Trinajstić information content (AvgIpc) is 2.25. The molecular weight excluding hydrogens is 224 g/mol. The quantitative estimate of drug-likeness (QED) is 0.854. The highest BCUT2D eigenvalue weighted by Crippen LogP contribution is 2.37. The lowest BCUT2D eigenvalue weighted by molar-refractivity contribution is 0.288. The first-order chi connectivity index (χ1) is 8.27. The third-order valence-electron chi connectivity index (χ3n) is 3.25. The van der Waals surface area contributed by atoms with Gasteiger partial charge in [0.05, 0.1) is 0 Å². The van der Waals surface area contributed by atoms with E-state index in [1.54, 1.807) is 0 Å². The van der Waals surface area contributed by atoms with E-state index in [-0.39, 0.29) is 12.0 Å². The van der Waals surface area contributed by atoms with Crippen LogP contribution in [0.5, 0.6) is 5.75 Å². The van der Waals surface area contributed by atoms with E-state index in [9.17, 15) is 5.11 Å². The van der Waals surface area contributed by atoms with E-state index >= 15 is 0 Å². The van der Waals surface area contributed by atoms with Crippen LogP contribution in [0.3, 0.4) is 0 Å². The Hall–Kier alpha value is -1.02. The summed E-state index contributed by atoms with van der Waals surface area (Å²) >= 11 is 0. The van der Waals surface area contributed by atoms with Gasteiger partial charge in [0.25, 0.3) is 0 Å². The minimum Gasteiger partial charge on any atom is -0.507 e. The first-order valence-electron chi connectivity index (χ1n) is 6.74. The minimum absolute atomic E-state index is 0.0665. The van der Waals surface area contributed by atoms with Crippen molar-refractivity contribution in [3.63, 3.8) is 0 Å². The van der Waals surface area contributed by atoms with Crippen molar-refractivity contribution in [3.8, 4) is 5.75 Å². The third-order valence-corrected chi connectivity index (χ3v) is 3.25. The maximum Gasteiger partial charge on any atom is 0.122 e. The van der Waals surface area contributed by atoms with Crippen molar-refractivity contribution < 1.29 is 10.2 Å². The lowest BCUT2D eigenvalue weighted by Crippen LogP contribution is -2.13. The molecule has 1 aromatic carbocycles. The molecule has 0 bridgehead atoms. The number of hydrogen-bond acceptors (Lipinski definition) is 2. The van der Waals surface area contributed by atoms with Crippen molar-refractivity contribution in [1.29, 1.82) is 0 Å². The van der Waals surface area contributed by atoms with Gasteiger partial charge in [0.2, 0.25) is 0 Å². The fourth-order valence-electron chi connectivity index (χ4n) is 2.16. The van der Waals surface area contributed by atoms with Gasteiger partial charge in [-0.1, -0.05) is 46.8 Å². The molecular formula is C16H26O2. The highest BCUT2D eigenvalue weighted by molar-refractivity contribution is 5.48. The lowest BCUT2D eigenvalue weighted by atomic mass is 9.82.